The smallest absolute Gasteiger partial charge is 0.267 e. The topological polar surface area (TPSA) is 69.7 Å². The first-order valence-electron chi connectivity index (χ1n) is 7.14. The molecular weight excluding hydrogens is 310 g/mol. The summed E-state index contributed by atoms with van der Waals surface area (Å²) >= 11 is 6.66. The minimum Gasteiger partial charge on any atom is -0.384 e. The van der Waals surface area contributed by atoms with Gasteiger partial charge in [0.2, 0.25) is 0 Å². The number of nitrogens with two attached hydrogens (primary N) is 1. The fourth-order valence-electron chi connectivity index (χ4n) is 2.64. The fourth-order valence-corrected chi connectivity index (χ4v) is 3.96. The second kappa shape index (κ2) is 6.43. The van der Waals surface area contributed by atoms with Crippen molar-refractivity contribution in [3.63, 3.8) is 0 Å². The quantitative estimate of drug-likeness (QED) is 0.851. The van der Waals surface area contributed by atoms with Crippen molar-refractivity contribution in [2.75, 3.05) is 38.6 Å². The van der Waals surface area contributed by atoms with Gasteiger partial charge in [0, 0.05) is 19.7 Å². The first-order chi connectivity index (χ1) is 10.2. The maximum Gasteiger partial charge on any atom is 0.267 e. The number of carbonyl (C=O) groups excluding carboxylic acids is 1. The van der Waals surface area contributed by atoms with Crippen LogP contribution < -0.4 is 5.73 Å². The number of nitrogen functional groups attached to an aromatic ring is 1. The summed E-state index contributed by atoms with van der Waals surface area (Å²) < 4.78 is 13.4. The average Bonchev–Trinajstić information content (AvgIpc) is 3.11. The molecule has 2 fully saturated rings. The van der Waals surface area contributed by atoms with Crippen molar-refractivity contribution in [1.82, 2.24) is 9.47 Å². The third-order valence-electron chi connectivity index (χ3n) is 3.84. The van der Waals surface area contributed by atoms with Crippen molar-refractivity contribution in [1.29, 1.82) is 0 Å². The van der Waals surface area contributed by atoms with Gasteiger partial charge in [-0.15, -0.1) is 0 Å². The second-order valence-electron chi connectivity index (χ2n) is 5.23. The summed E-state index contributed by atoms with van der Waals surface area (Å²) in [5.74, 6) is 0.426. The third-order valence-corrected chi connectivity index (χ3v) is 5.29. The Morgan fingerprint density at radius 2 is 2.14 bits per heavy atom. The van der Waals surface area contributed by atoms with Gasteiger partial charge in [0.05, 0.1) is 25.9 Å². The van der Waals surface area contributed by atoms with Gasteiger partial charge < -0.3 is 24.7 Å². The molecule has 0 spiro atoms. The Bertz CT molecular complexity index is 572. The van der Waals surface area contributed by atoms with Crippen LogP contribution in [-0.4, -0.2) is 54.4 Å². The van der Waals surface area contributed by atoms with Crippen molar-refractivity contribution >= 4 is 35.3 Å². The zero-order valence-corrected chi connectivity index (χ0v) is 13.4. The Labute approximate surface area is 132 Å². The Morgan fingerprint density at radius 1 is 1.38 bits per heavy atom. The van der Waals surface area contributed by atoms with Crippen molar-refractivity contribution in [3.05, 3.63) is 8.83 Å². The molecule has 0 radical (unpaired) electrons. The molecule has 0 bridgehead atoms. The van der Waals surface area contributed by atoms with Gasteiger partial charge in [-0.3, -0.25) is 4.79 Å². The van der Waals surface area contributed by atoms with Crippen LogP contribution in [0.3, 0.4) is 0 Å². The van der Waals surface area contributed by atoms with Crippen LogP contribution in [0.2, 0.25) is 0 Å². The lowest BCUT2D eigenvalue weighted by Gasteiger charge is -2.26. The van der Waals surface area contributed by atoms with Crippen molar-refractivity contribution < 1.29 is 14.3 Å². The molecule has 116 valence electrons. The number of anilines is 1. The number of thiazole rings is 1. The van der Waals surface area contributed by atoms with Crippen LogP contribution in [0.4, 0.5) is 5.82 Å². The van der Waals surface area contributed by atoms with Crippen LogP contribution >= 0.6 is 23.6 Å². The number of rotatable bonds is 3. The first-order valence-corrected chi connectivity index (χ1v) is 8.37. The Hall–Kier alpha value is -0.960. The van der Waals surface area contributed by atoms with Crippen LogP contribution in [0, 0.1) is 3.95 Å². The van der Waals surface area contributed by atoms with Crippen molar-refractivity contribution in [2.24, 2.45) is 0 Å². The van der Waals surface area contributed by atoms with E-state index in [0.29, 0.717) is 47.5 Å². The van der Waals surface area contributed by atoms with Gasteiger partial charge in [-0.1, -0.05) is 11.3 Å². The molecule has 3 rings (SSSR count). The van der Waals surface area contributed by atoms with Gasteiger partial charge in [0.25, 0.3) is 5.91 Å². The summed E-state index contributed by atoms with van der Waals surface area (Å²) in [6.45, 7) is 3.80. The minimum atomic E-state index is -0.0435. The monoisotopic (exact) mass is 329 g/mol. The van der Waals surface area contributed by atoms with Gasteiger partial charge in [-0.2, -0.15) is 0 Å². The maximum atomic E-state index is 12.5. The largest absolute Gasteiger partial charge is 0.384 e. The summed E-state index contributed by atoms with van der Waals surface area (Å²) in [7, 11) is 0. The van der Waals surface area contributed by atoms with E-state index in [4.69, 9.17) is 27.4 Å². The average molecular weight is 329 g/mol. The molecule has 21 heavy (non-hydrogen) atoms. The van der Waals surface area contributed by atoms with E-state index in [0.717, 1.165) is 19.4 Å². The molecule has 1 aromatic heterocycles. The molecule has 2 aliphatic heterocycles. The Kier molecular flexibility index (Phi) is 4.58. The molecule has 2 N–H and O–H groups in total. The fraction of sp³-hybridized carbons (Fsp3) is 0.692. The number of ether oxygens (including phenoxy) is 2. The number of nitrogens with zero attached hydrogens (tertiary/aromatic N) is 2. The molecule has 0 aromatic carbocycles. The van der Waals surface area contributed by atoms with Gasteiger partial charge in [-0.25, -0.2) is 0 Å². The summed E-state index contributed by atoms with van der Waals surface area (Å²) in [5, 5.41) is 0. The highest BCUT2D eigenvalue weighted by Crippen LogP contribution is 2.26. The molecule has 1 aromatic rings. The molecule has 0 saturated carbocycles. The molecule has 1 atom stereocenters. The molecular formula is C13H19N3O3S2. The van der Waals surface area contributed by atoms with Crippen molar-refractivity contribution in [2.45, 2.75) is 25.5 Å². The van der Waals surface area contributed by atoms with Crippen LogP contribution in [0.25, 0.3) is 0 Å². The lowest BCUT2D eigenvalue weighted by Crippen LogP contribution is -2.40. The van der Waals surface area contributed by atoms with E-state index in [1.807, 2.05) is 4.57 Å². The van der Waals surface area contributed by atoms with Crippen molar-refractivity contribution in [3.8, 4) is 0 Å². The predicted octanol–water partition coefficient (Wildman–Crippen LogP) is 1.51. The van der Waals surface area contributed by atoms with Crippen LogP contribution in [0.5, 0.6) is 0 Å². The van der Waals surface area contributed by atoms with Gasteiger partial charge in [0.1, 0.15) is 10.7 Å². The highest BCUT2D eigenvalue weighted by atomic mass is 32.1. The number of carbonyl (C=O) groups is 1. The lowest BCUT2D eigenvalue weighted by molar-refractivity contribution is 0.0306. The van der Waals surface area contributed by atoms with Crippen LogP contribution in [0.1, 0.15) is 22.5 Å². The highest BCUT2D eigenvalue weighted by Gasteiger charge is 2.25. The minimum absolute atomic E-state index is 0.0435. The van der Waals surface area contributed by atoms with E-state index < -0.39 is 0 Å². The van der Waals surface area contributed by atoms with E-state index in [1.54, 1.807) is 4.90 Å². The zero-order valence-electron chi connectivity index (χ0n) is 11.7. The number of amides is 1. The molecule has 1 amide bonds. The molecule has 0 aliphatic carbocycles. The van der Waals surface area contributed by atoms with E-state index in [9.17, 15) is 4.79 Å². The normalized spacial score (nSPS) is 22.7. The van der Waals surface area contributed by atoms with E-state index in [1.165, 1.54) is 11.3 Å². The third kappa shape index (κ3) is 3.13. The first kappa shape index (κ1) is 15.0. The van der Waals surface area contributed by atoms with E-state index in [2.05, 4.69) is 0 Å². The van der Waals surface area contributed by atoms with Gasteiger partial charge in [-0.05, 0) is 25.1 Å². The van der Waals surface area contributed by atoms with Gasteiger partial charge in [0.15, 0.2) is 3.95 Å². The van der Waals surface area contributed by atoms with E-state index in [-0.39, 0.29) is 12.0 Å². The summed E-state index contributed by atoms with van der Waals surface area (Å²) in [5.41, 5.74) is 6.16. The maximum absolute atomic E-state index is 12.5. The summed E-state index contributed by atoms with van der Waals surface area (Å²) in [6.07, 6.45) is 2.24. The molecule has 3 heterocycles. The Morgan fingerprint density at radius 3 is 2.81 bits per heavy atom. The number of morpholine rings is 1. The standard InChI is InChI=1S/C13H19N3O3S2/c14-11-10(12(17)15-3-6-18-7-4-15)21-13(20)16(11)8-9-2-1-5-19-9/h9H,1-8,14H2. The predicted molar refractivity (Wildman–Crippen MR) is 83.3 cm³/mol. The molecule has 2 aliphatic rings. The lowest BCUT2D eigenvalue weighted by atomic mass is 10.2. The molecule has 8 heteroatoms. The van der Waals surface area contributed by atoms with E-state index >= 15 is 0 Å². The van der Waals surface area contributed by atoms with Crippen LogP contribution in [-0.2, 0) is 16.0 Å². The van der Waals surface area contributed by atoms with Crippen LogP contribution in [0.15, 0.2) is 0 Å². The zero-order chi connectivity index (χ0) is 14.8. The number of hydrogen-bond donors (Lipinski definition) is 1. The second-order valence-corrected chi connectivity index (χ2v) is 6.88. The summed E-state index contributed by atoms with van der Waals surface area (Å²) in [6, 6.07) is 0. The molecule has 6 nitrogen and oxygen atoms in total. The highest BCUT2D eigenvalue weighted by molar-refractivity contribution is 7.73. The molecule has 1 unspecified atom stereocenters. The number of aromatic nitrogens is 1. The summed E-state index contributed by atoms with van der Waals surface area (Å²) in [4.78, 5) is 14.8. The molecule has 2 saturated heterocycles. The SMILES string of the molecule is Nc1c(C(=O)N2CCOCC2)sc(=S)n1CC1CCCO1. The number of hydrogen-bond acceptors (Lipinski definition) is 6. The Balaban J connectivity index is 1.79. The van der Waals surface area contributed by atoms with Gasteiger partial charge >= 0.3 is 0 Å².